The van der Waals surface area contributed by atoms with Gasteiger partial charge in [-0.2, -0.15) is 9.36 Å². The molecule has 1 aliphatic rings. The molecular formula is C11H11FN4O3. The second-order valence-corrected chi connectivity index (χ2v) is 4.19. The van der Waals surface area contributed by atoms with Crippen molar-refractivity contribution >= 4 is 0 Å². The van der Waals surface area contributed by atoms with E-state index in [0.29, 0.717) is 18.9 Å². The van der Waals surface area contributed by atoms with Crippen molar-refractivity contribution in [2.24, 2.45) is 7.05 Å². The van der Waals surface area contributed by atoms with Gasteiger partial charge in [-0.1, -0.05) is 0 Å². The van der Waals surface area contributed by atoms with Gasteiger partial charge >= 0.3 is 5.69 Å². The smallest absolute Gasteiger partial charge is 0.368 e. The summed E-state index contributed by atoms with van der Waals surface area (Å²) in [6.45, 7) is 0.899. The average Bonchev–Trinajstić information content (AvgIpc) is 2.66. The second-order valence-electron chi connectivity index (χ2n) is 4.19. The Morgan fingerprint density at radius 2 is 2.21 bits per heavy atom. The molecule has 2 aromatic rings. The Bertz CT molecular complexity index is 662. The van der Waals surface area contributed by atoms with Crippen LogP contribution in [0.5, 0.6) is 5.75 Å². The monoisotopic (exact) mass is 266 g/mol. The zero-order valence-corrected chi connectivity index (χ0v) is 10.1. The zero-order chi connectivity index (χ0) is 13.4. The number of hydrogen-bond acceptors (Lipinski definition) is 5. The maximum absolute atomic E-state index is 13.3. The number of aryl methyl sites for hydroxylation is 1. The van der Waals surface area contributed by atoms with Crippen LogP contribution in [0.4, 0.5) is 4.39 Å². The lowest BCUT2D eigenvalue weighted by molar-refractivity contribution is -0.0797. The molecule has 8 heteroatoms. The zero-order valence-electron chi connectivity index (χ0n) is 10.1. The predicted octanol–water partition coefficient (Wildman–Crippen LogP) is -0.117. The summed E-state index contributed by atoms with van der Waals surface area (Å²) in [5, 5.41) is 7.32. The van der Waals surface area contributed by atoms with E-state index < -0.39 is 11.5 Å². The van der Waals surface area contributed by atoms with E-state index in [4.69, 9.17) is 9.47 Å². The van der Waals surface area contributed by atoms with Gasteiger partial charge in [0.2, 0.25) is 0 Å². The summed E-state index contributed by atoms with van der Waals surface area (Å²) in [4.78, 5) is 11.8. The van der Waals surface area contributed by atoms with Crippen LogP contribution in [0.25, 0.3) is 5.69 Å². The molecule has 2 heterocycles. The number of benzene rings is 1. The fraction of sp³-hybridized carbons (Fsp3) is 0.364. The van der Waals surface area contributed by atoms with Crippen molar-refractivity contribution in [3.8, 4) is 11.4 Å². The van der Waals surface area contributed by atoms with Gasteiger partial charge in [0.15, 0.2) is 0 Å². The molecule has 0 unspecified atom stereocenters. The molecule has 1 aromatic carbocycles. The molecule has 0 atom stereocenters. The first-order valence-electron chi connectivity index (χ1n) is 5.68. The normalized spacial score (nSPS) is 15.3. The van der Waals surface area contributed by atoms with Gasteiger partial charge in [0, 0.05) is 13.1 Å². The highest BCUT2D eigenvalue weighted by Gasteiger charge is 2.23. The van der Waals surface area contributed by atoms with E-state index in [0.717, 1.165) is 9.36 Å². The van der Waals surface area contributed by atoms with Crippen LogP contribution in [0.1, 0.15) is 0 Å². The molecule has 1 aliphatic heterocycles. The molecule has 0 N–H and O–H groups in total. The molecule has 7 nitrogen and oxygen atoms in total. The Hall–Kier alpha value is -2.22. The van der Waals surface area contributed by atoms with Crippen molar-refractivity contribution < 1.29 is 13.9 Å². The third kappa shape index (κ3) is 2.10. The number of halogens is 1. The number of ether oxygens (including phenoxy) is 2. The van der Waals surface area contributed by atoms with Gasteiger partial charge in [-0.25, -0.2) is 9.18 Å². The van der Waals surface area contributed by atoms with Crippen molar-refractivity contribution in [2.75, 3.05) is 13.2 Å². The third-order valence-electron chi connectivity index (χ3n) is 2.77. The van der Waals surface area contributed by atoms with Crippen molar-refractivity contribution in [1.29, 1.82) is 0 Å². The Balaban J connectivity index is 2.04. The molecule has 3 rings (SSSR count). The van der Waals surface area contributed by atoms with E-state index in [1.165, 1.54) is 25.2 Å². The molecule has 1 saturated heterocycles. The highest BCUT2D eigenvalue weighted by Crippen LogP contribution is 2.25. The van der Waals surface area contributed by atoms with Gasteiger partial charge < -0.3 is 9.47 Å². The second kappa shape index (κ2) is 4.47. The topological polar surface area (TPSA) is 71.2 Å². The molecule has 1 fully saturated rings. The maximum Gasteiger partial charge on any atom is 0.368 e. The molecule has 0 radical (unpaired) electrons. The molecule has 0 amide bonds. The summed E-state index contributed by atoms with van der Waals surface area (Å²) >= 11 is 0. The van der Waals surface area contributed by atoms with Crippen LogP contribution in [0, 0.1) is 5.82 Å². The molecule has 0 spiro atoms. The Morgan fingerprint density at radius 1 is 1.42 bits per heavy atom. The van der Waals surface area contributed by atoms with Gasteiger partial charge in [-0.3, -0.25) is 0 Å². The number of tetrazole rings is 1. The van der Waals surface area contributed by atoms with Crippen LogP contribution in [-0.2, 0) is 11.8 Å². The van der Waals surface area contributed by atoms with Crippen molar-refractivity contribution in [2.45, 2.75) is 6.10 Å². The minimum atomic E-state index is -0.448. The van der Waals surface area contributed by atoms with Gasteiger partial charge in [-0.15, -0.1) is 0 Å². The highest BCUT2D eigenvalue weighted by molar-refractivity contribution is 5.46. The summed E-state index contributed by atoms with van der Waals surface area (Å²) in [7, 11) is 1.48. The Morgan fingerprint density at radius 3 is 2.79 bits per heavy atom. The lowest BCUT2D eigenvalue weighted by Gasteiger charge is -2.27. The number of aromatic nitrogens is 4. The summed E-state index contributed by atoms with van der Waals surface area (Å²) in [5.41, 5.74) is -0.0762. The number of rotatable bonds is 3. The molecule has 0 saturated carbocycles. The summed E-state index contributed by atoms with van der Waals surface area (Å²) < 4.78 is 26.0. The van der Waals surface area contributed by atoms with Crippen molar-refractivity contribution in [3.05, 3.63) is 34.5 Å². The van der Waals surface area contributed by atoms with Crippen LogP contribution in [0.2, 0.25) is 0 Å². The lowest BCUT2D eigenvalue weighted by atomic mass is 10.2. The van der Waals surface area contributed by atoms with Crippen LogP contribution in [0.3, 0.4) is 0 Å². The molecule has 0 aliphatic carbocycles. The van der Waals surface area contributed by atoms with Gasteiger partial charge in [-0.05, 0) is 22.6 Å². The van der Waals surface area contributed by atoms with E-state index in [9.17, 15) is 9.18 Å². The standard InChI is InChI=1S/C11H11FN4O3/c1-15-11(17)16(14-13-15)9-3-2-7(12)4-10(9)19-8-5-18-6-8/h2-4,8H,5-6H2,1H3. The summed E-state index contributed by atoms with van der Waals surface area (Å²) in [6.07, 6.45) is -0.132. The Kier molecular flexibility index (Phi) is 2.79. The molecular weight excluding hydrogens is 255 g/mol. The molecule has 0 bridgehead atoms. The SMILES string of the molecule is Cn1nnn(-c2ccc(F)cc2OC2COC2)c1=O. The van der Waals surface area contributed by atoms with Crippen LogP contribution in [-0.4, -0.2) is 39.1 Å². The highest BCUT2D eigenvalue weighted by atomic mass is 19.1. The van der Waals surface area contributed by atoms with Crippen molar-refractivity contribution in [3.63, 3.8) is 0 Å². The van der Waals surface area contributed by atoms with Crippen LogP contribution >= 0.6 is 0 Å². The van der Waals surface area contributed by atoms with Gasteiger partial charge in [0.25, 0.3) is 0 Å². The first-order valence-corrected chi connectivity index (χ1v) is 5.68. The average molecular weight is 266 g/mol. The van der Waals surface area contributed by atoms with E-state index in [-0.39, 0.29) is 11.9 Å². The minimum Gasteiger partial charge on any atom is -0.483 e. The fourth-order valence-electron chi connectivity index (χ4n) is 1.68. The van der Waals surface area contributed by atoms with Crippen LogP contribution < -0.4 is 10.4 Å². The summed E-state index contributed by atoms with van der Waals surface area (Å²) in [6, 6.07) is 3.88. The summed E-state index contributed by atoms with van der Waals surface area (Å²) in [5.74, 6) is -0.202. The third-order valence-corrected chi connectivity index (χ3v) is 2.77. The maximum atomic E-state index is 13.3. The number of hydrogen-bond donors (Lipinski definition) is 0. The first-order chi connectivity index (χ1) is 9.15. The van der Waals surface area contributed by atoms with Gasteiger partial charge in [0.1, 0.15) is 23.4 Å². The molecule has 1 aromatic heterocycles. The first kappa shape index (κ1) is 11.8. The lowest BCUT2D eigenvalue weighted by Crippen LogP contribution is -2.39. The largest absolute Gasteiger partial charge is 0.483 e. The van der Waals surface area contributed by atoms with Gasteiger partial charge in [0.05, 0.1) is 13.2 Å². The van der Waals surface area contributed by atoms with E-state index in [1.54, 1.807) is 0 Å². The quantitative estimate of drug-likeness (QED) is 0.774. The fourth-order valence-corrected chi connectivity index (χ4v) is 1.68. The molecule has 100 valence electrons. The van der Waals surface area contributed by atoms with Crippen LogP contribution in [0.15, 0.2) is 23.0 Å². The molecule has 19 heavy (non-hydrogen) atoms. The predicted molar refractivity (Wildman–Crippen MR) is 61.8 cm³/mol. The van der Waals surface area contributed by atoms with E-state index in [1.807, 2.05) is 0 Å². The Labute approximate surface area is 107 Å². The minimum absolute atomic E-state index is 0.132. The van der Waals surface area contributed by atoms with E-state index in [2.05, 4.69) is 10.4 Å². The number of nitrogens with zero attached hydrogens (tertiary/aromatic N) is 4. The van der Waals surface area contributed by atoms with Crippen molar-refractivity contribution in [1.82, 2.24) is 19.8 Å². The van der Waals surface area contributed by atoms with E-state index >= 15 is 0 Å².